The number of carbonyl (C=O) groups excluding carboxylic acids is 1. The van der Waals surface area contributed by atoms with Gasteiger partial charge in [-0.15, -0.1) is 0 Å². The van der Waals surface area contributed by atoms with E-state index < -0.39 is 17.8 Å². The van der Waals surface area contributed by atoms with Crippen LogP contribution in [0.4, 0.5) is 4.39 Å². The van der Waals surface area contributed by atoms with E-state index in [9.17, 15) is 9.18 Å². The lowest BCUT2D eigenvalue weighted by Crippen LogP contribution is -2.33. The van der Waals surface area contributed by atoms with E-state index in [-0.39, 0.29) is 16.5 Å². The normalized spacial score (nSPS) is 10.7. The standard InChI is InChI=1S/C18H12ClFN4O3/c1-11(17(25)23-9-12(7-21)8-22)26-14-2-4-15(5-3-14)27-18-16(20)6-13(19)10-24-18/h2-6,9-11H,1H3,(H,23,25). The molecule has 0 spiro atoms. The zero-order chi connectivity index (χ0) is 19.8. The molecule has 7 nitrogen and oxygen atoms in total. The summed E-state index contributed by atoms with van der Waals surface area (Å²) in [5.41, 5.74) is -0.236. The molecule has 0 aliphatic carbocycles. The Morgan fingerprint density at radius 3 is 2.52 bits per heavy atom. The molecule has 2 aromatic rings. The third-order valence-electron chi connectivity index (χ3n) is 3.09. The minimum atomic E-state index is -0.887. The number of aromatic nitrogens is 1. The first kappa shape index (κ1) is 19.7. The van der Waals surface area contributed by atoms with E-state index in [1.54, 1.807) is 12.1 Å². The average molecular weight is 387 g/mol. The molecule has 1 aromatic heterocycles. The molecule has 9 heteroatoms. The molecule has 136 valence electrons. The van der Waals surface area contributed by atoms with Gasteiger partial charge in [-0.25, -0.2) is 9.37 Å². The predicted octanol–water partition coefficient (Wildman–Crippen LogP) is 3.48. The number of nitrogens with zero attached hydrogens (tertiary/aromatic N) is 3. The molecule has 1 heterocycles. The average Bonchev–Trinajstić information content (AvgIpc) is 2.66. The van der Waals surface area contributed by atoms with Crippen LogP contribution in [0.1, 0.15) is 6.92 Å². The summed E-state index contributed by atoms with van der Waals surface area (Å²) in [5.74, 6) is -0.789. The van der Waals surface area contributed by atoms with Crippen LogP contribution in [0.3, 0.4) is 0 Å². The van der Waals surface area contributed by atoms with Gasteiger partial charge in [0, 0.05) is 12.4 Å². The van der Waals surface area contributed by atoms with Crippen LogP contribution in [0.15, 0.2) is 48.3 Å². The van der Waals surface area contributed by atoms with Crippen molar-refractivity contribution in [3.8, 4) is 29.5 Å². The van der Waals surface area contributed by atoms with Gasteiger partial charge in [-0.05, 0) is 37.3 Å². The first-order valence-corrected chi connectivity index (χ1v) is 7.87. The van der Waals surface area contributed by atoms with Gasteiger partial charge in [0.15, 0.2) is 11.9 Å². The van der Waals surface area contributed by atoms with Gasteiger partial charge in [-0.1, -0.05) is 11.6 Å². The van der Waals surface area contributed by atoms with Crippen LogP contribution in [0.5, 0.6) is 17.4 Å². The van der Waals surface area contributed by atoms with Crippen LogP contribution in [0.25, 0.3) is 0 Å². The summed E-state index contributed by atoms with van der Waals surface area (Å²) in [6.45, 7) is 1.50. The first-order valence-electron chi connectivity index (χ1n) is 7.49. The highest BCUT2D eigenvalue weighted by atomic mass is 35.5. The molecular formula is C18H12ClFN4O3. The maximum atomic E-state index is 13.7. The van der Waals surface area contributed by atoms with E-state index in [1.165, 1.54) is 37.4 Å². The number of nitriles is 2. The molecule has 0 bridgehead atoms. The van der Waals surface area contributed by atoms with Crippen molar-refractivity contribution in [2.45, 2.75) is 13.0 Å². The lowest BCUT2D eigenvalue weighted by Gasteiger charge is -2.13. The Morgan fingerprint density at radius 1 is 1.30 bits per heavy atom. The maximum Gasteiger partial charge on any atom is 0.264 e. The number of allylic oxidation sites excluding steroid dienone is 1. The minimum absolute atomic E-state index is 0.155. The van der Waals surface area contributed by atoms with Gasteiger partial charge < -0.3 is 14.8 Å². The highest BCUT2D eigenvalue weighted by molar-refractivity contribution is 6.30. The van der Waals surface area contributed by atoms with E-state index in [2.05, 4.69) is 10.3 Å². The Morgan fingerprint density at radius 2 is 1.93 bits per heavy atom. The Kier molecular flexibility index (Phi) is 6.70. The smallest absolute Gasteiger partial charge is 0.264 e. The number of nitrogens with one attached hydrogen (secondary N) is 1. The second-order valence-corrected chi connectivity index (χ2v) is 5.50. The molecule has 1 aromatic carbocycles. The van der Waals surface area contributed by atoms with Crippen molar-refractivity contribution < 1.29 is 18.7 Å². The van der Waals surface area contributed by atoms with Crippen molar-refractivity contribution in [2.24, 2.45) is 0 Å². The molecule has 2 rings (SSSR count). The summed E-state index contributed by atoms with van der Waals surface area (Å²) < 4.78 is 24.4. The molecule has 0 aliphatic rings. The minimum Gasteiger partial charge on any atom is -0.481 e. The Balaban J connectivity index is 1.97. The summed E-state index contributed by atoms with van der Waals surface area (Å²) in [6, 6.07) is 10.4. The summed E-state index contributed by atoms with van der Waals surface area (Å²) >= 11 is 5.63. The van der Waals surface area contributed by atoms with E-state index in [1.807, 2.05) is 0 Å². The van der Waals surface area contributed by atoms with Gasteiger partial charge in [0.2, 0.25) is 0 Å². The van der Waals surface area contributed by atoms with Gasteiger partial charge in [0.1, 0.15) is 29.2 Å². The Bertz CT molecular complexity index is 933. The molecule has 1 amide bonds. The zero-order valence-electron chi connectivity index (χ0n) is 13.9. The van der Waals surface area contributed by atoms with Crippen molar-refractivity contribution in [1.82, 2.24) is 10.3 Å². The van der Waals surface area contributed by atoms with Crippen molar-refractivity contribution in [1.29, 1.82) is 10.5 Å². The molecule has 0 aliphatic heterocycles. The van der Waals surface area contributed by atoms with E-state index in [0.29, 0.717) is 11.5 Å². The SMILES string of the molecule is CC(Oc1ccc(Oc2ncc(Cl)cc2F)cc1)C(=O)NC=C(C#N)C#N. The second-order valence-electron chi connectivity index (χ2n) is 5.06. The molecule has 1 N–H and O–H groups in total. The summed E-state index contributed by atoms with van der Waals surface area (Å²) in [7, 11) is 0. The van der Waals surface area contributed by atoms with Gasteiger partial charge in [-0.3, -0.25) is 4.79 Å². The van der Waals surface area contributed by atoms with Crippen LogP contribution >= 0.6 is 11.6 Å². The quantitative estimate of drug-likeness (QED) is 0.761. The third-order valence-corrected chi connectivity index (χ3v) is 3.30. The number of benzene rings is 1. The highest BCUT2D eigenvalue weighted by Gasteiger charge is 2.14. The van der Waals surface area contributed by atoms with Crippen LogP contribution in [0, 0.1) is 28.5 Å². The maximum absolute atomic E-state index is 13.7. The molecular weight excluding hydrogens is 375 g/mol. The number of halogens is 2. The topological polar surface area (TPSA) is 108 Å². The van der Waals surface area contributed by atoms with Gasteiger partial charge in [0.25, 0.3) is 11.8 Å². The predicted molar refractivity (Wildman–Crippen MR) is 93.3 cm³/mol. The zero-order valence-corrected chi connectivity index (χ0v) is 14.7. The van der Waals surface area contributed by atoms with Crippen LogP contribution < -0.4 is 14.8 Å². The van der Waals surface area contributed by atoms with Crippen LogP contribution in [-0.4, -0.2) is 17.0 Å². The van der Waals surface area contributed by atoms with Crippen LogP contribution in [0.2, 0.25) is 5.02 Å². The fourth-order valence-electron chi connectivity index (χ4n) is 1.78. The van der Waals surface area contributed by atoms with E-state index in [4.69, 9.17) is 31.6 Å². The molecule has 0 saturated heterocycles. The van der Waals surface area contributed by atoms with Crippen molar-refractivity contribution >= 4 is 17.5 Å². The fourth-order valence-corrected chi connectivity index (χ4v) is 1.93. The van der Waals surface area contributed by atoms with Gasteiger partial charge in [-0.2, -0.15) is 10.5 Å². The number of rotatable bonds is 6. The lowest BCUT2D eigenvalue weighted by molar-refractivity contribution is -0.126. The molecule has 1 unspecified atom stereocenters. The monoisotopic (exact) mass is 386 g/mol. The second kappa shape index (κ2) is 9.18. The third kappa shape index (κ3) is 5.70. The van der Waals surface area contributed by atoms with Crippen molar-refractivity contribution in [3.63, 3.8) is 0 Å². The highest BCUT2D eigenvalue weighted by Crippen LogP contribution is 2.26. The number of ether oxygens (including phenoxy) is 2. The molecule has 27 heavy (non-hydrogen) atoms. The summed E-state index contributed by atoms with van der Waals surface area (Å²) in [5, 5.41) is 19.7. The first-order chi connectivity index (χ1) is 12.9. The van der Waals surface area contributed by atoms with Crippen molar-refractivity contribution in [2.75, 3.05) is 0 Å². The fraction of sp³-hybridized carbons (Fsp3) is 0.111. The van der Waals surface area contributed by atoms with Gasteiger partial charge in [0.05, 0.1) is 5.02 Å². The number of hydrogen-bond acceptors (Lipinski definition) is 6. The lowest BCUT2D eigenvalue weighted by atomic mass is 10.3. The number of hydrogen-bond donors (Lipinski definition) is 1. The summed E-state index contributed by atoms with van der Waals surface area (Å²) in [4.78, 5) is 15.6. The van der Waals surface area contributed by atoms with Crippen LogP contribution in [-0.2, 0) is 4.79 Å². The molecule has 0 fully saturated rings. The van der Waals surface area contributed by atoms with Crippen molar-refractivity contribution in [3.05, 3.63) is 59.1 Å². The Labute approximate surface area is 159 Å². The Hall–Kier alpha value is -3.62. The largest absolute Gasteiger partial charge is 0.481 e. The number of carbonyl (C=O) groups is 1. The summed E-state index contributed by atoms with van der Waals surface area (Å²) in [6.07, 6.45) is 1.38. The van der Waals surface area contributed by atoms with E-state index in [0.717, 1.165) is 12.3 Å². The number of amides is 1. The van der Waals surface area contributed by atoms with E-state index >= 15 is 0 Å². The molecule has 0 saturated carbocycles. The molecule has 0 radical (unpaired) electrons. The number of pyridine rings is 1. The molecule has 1 atom stereocenters. The van der Waals surface area contributed by atoms with Gasteiger partial charge >= 0.3 is 0 Å².